The van der Waals surface area contributed by atoms with Gasteiger partial charge in [0.05, 0.1) is 5.39 Å². The molecule has 150 valence electrons. The largest absolute Gasteiger partial charge is 0.451 e. The molecule has 1 atom stereocenters. The minimum absolute atomic E-state index is 0.0788. The van der Waals surface area contributed by atoms with Gasteiger partial charge in [-0.3, -0.25) is 19.2 Å². The second kappa shape index (κ2) is 8.06. The number of nitrogens with zero attached hydrogens (tertiary/aromatic N) is 2. The molecule has 0 saturated carbocycles. The summed E-state index contributed by atoms with van der Waals surface area (Å²) >= 11 is 0. The number of hydrogen-bond donors (Lipinski definition) is 2. The number of nitrogens with one attached hydrogen (secondary N) is 1. The molecule has 0 radical (unpaired) electrons. The van der Waals surface area contributed by atoms with Crippen molar-refractivity contribution >= 4 is 28.6 Å². The van der Waals surface area contributed by atoms with Crippen molar-refractivity contribution in [3.63, 3.8) is 0 Å². The van der Waals surface area contributed by atoms with Crippen LogP contribution in [0.15, 0.2) is 29.1 Å². The topological polar surface area (TPSA) is 133 Å². The van der Waals surface area contributed by atoms with Gasteiger partial charge in [-0.1, -0.05) is 18.2 Å². The van der Waals surface area contributed by atoms with Gasteiger partial charge in [-0.25, -0.2) is 4.68 Å². The zero-order chi connectivity index (χ0) is 21.1. The van der Waals surface area contributed by atoms with Gasteiger partial charge < -0.3 is 15.8 Å². The summed E-state index contributed by atoms with van der Waals surface area (Å²) in [5.74, 6) is -3.21. The third kappa shape index (κ3) is 5.05. The number of nitrogens with two attached hydrogens (primary N) is 1. The second-order valence-electron chi connectivity index (χ2n) is 5.69. The molecule has 2 amide bonds. The molecule has 2 rings (SSSR count). The summed E-state index contributed by atoms with van der Waals surface area (Å²) in [7, 11) is 0. The average molecular weight is 400 g/mol. The van der Waals surface area contributed by atoms with Crippen molar-refractivity contribution in [3.8, 4) is 0 Å². The van der Waals surface area contributed by atoms with Gasteiger partial charge in [0, 0.05) is 5.39 Å². The highest BCUT2D eigenvalue weighted by Crippen LogP contribution is 2.13. The van der Waals surface area contributed by atoms with Crippen LogP contribution in [0.5, 0.6) is 0 Å². The number of ether oxygens (including phenoxy) is 1. The van der Waals surface area contributed by atoms with Crippen LogP contribution in [-0.2, 0) is 20.9 Å². The maximum absolute atomic E-state index is 12.4. The van der Waals surface area contributed by atoms with Gasteiger partial charge in [-0.15, -0.1) is 0 Å². The fourth-order valence-electron chi connectivity index (χ4n) is 2.27. The van der Waals surface area contributed by atoms with Gasteiger partial charge in [0.25, 0.3) is 17.4 Å². The first-order chi connectivity index (χ1) is 13.0. The van der Waals surface area contributed by atoms with Gasteiger partial charge >= 0.3 is 12.1 Å². The van der Waals surface area contributed by atoms with Crippen LogP contribution in [0.4, 0.5) is 13.2 Å². The molecule has 12 heteroatoms. The number of rotatable bonds is 6. The van der Waals surface area contributed by atoms with Crippen molar-refractivity contribution in [2.45, 2.75) is 25.7 Å². The zero-order valence-electron chi connectivity index (χ0n) is 14.4. The Morgan fingerprint density at radius 2 is 1.86 bits per heavy atom. The van der Waals surface area contributed by atoms with E-state index < -0.39 is 48.7 Å². The van der Waals surface area contributed by atoms with Crippen LogP contribution in [0.2, 0.25) is 0 Å². The predicted molar refractivity (Wildman–Crippen MR) is 89.1 cm³/mol. The number of carbonyl (C=O) groups excluding carboxylic acids is 3. The molecule has 0 aliphatic rings. The van der Waals surface area contributed by atoms with Crippen molar-refractivity contribution < 1.29 is 32.3 Å². The van der Waals surface area contributed by atoms with E-state index in [1.807, 2.05) is 0 Å². The van der Waals surface area contributed by atoms with E-state index in [2.05, 4.69) is 5.10 Å². The Morgan fingerprint density at radius 3 is 2.43 bits per heavy atom. The van der Waals surface area contributed by atoms with Crippen LogP contribution in [-0.4, -0.2) is 46.4 Å². The van der Waals surface area contributed by atoms with Crippen molar-refractivity contribution in [3.05, 3.63) is 40.3 Å². The quantitative estimate of drug-likeness (QED) is 0.661. The van der Waals surface area contributed by atoms with Crippen LogP contribution in [0.1, 0.15) is 17.4 Å². The number of carbonyl (C=O) groups is 3. The van der Waals surface area contributed by atoms with Crippen LogP contribution in [0.3, 0.4) is 0 Å². The Kier molecular flexibility index (Phi) is 6.01. The molecule has 0 fully saturated rings. The fourth-order valence-corrected chi connectivity index (χ4v) is 2.27. The molecule has 2 aromatic rings. The molecular weight excluding hydrogens is 385 g/mol. The standard InChI is InChI=1S/C16H15F3N4O5/c1-8(14(26)21-7-16(17,18)19)28-11(24)6-23-15(27)10-5-3-2-4-9(10)12(22-23)13(20)25/h2-5,8H,6-7H2,1H3,(H2,20,25)(H,21,26). The molecule has 3 N–H and O–H groups in total. The smallest absolute Gasteiger partial charge is 0.405 e. The third-order valence-corrected chi connectivity index (χ3v) is 3.52. The molecule has 9 nitrogen and oxygen atoms in total. The van der Waals surface area contributed by atoms with E-state index in [9.17, 15) is 32.3 Å². The SMILES string of the molecule is CC(OC(=O)Cn1nc(C(N)=O)c2ccccc2c1=O)C(=O)NCC(F)(F)F. The molecule has 0 spiro atoms. The summed E-state index contributed by atoms with van der Waals surface area (Å²) in [6.07, 6.45) is -6.16. The first-order valence-corrected chi connectivity index (χ1v) is 7.83. The number of fused-ring (bicyclic) bond motifs is 1. The molecule has 0 aliphatic heterocycles. The molecule has 28 heavy (non-hydrogen) atoms. The number of amides is 2. The Bertz CT molecular complexity index is 986. The number of primary amides is 1. The summed E-state index contributed by atoms with van der Waals surface area (Å²) in [4.78, 5) is 47.5. The van der Waals surface area contributed by atoms with Crippen molar-refractivity contribution in [2.24, 2.45) is 5.73 Å². The number of halogens is 3. The zero-order valence-corrected chi connectivity index (χ0v) is 14.4. The highest BCUT2D eigenvalue weighted by Gasteiger charge is 2.29. The number of esters is 1. The summed E-state index contributed by atoms with van der Waals surface area (Å²) in [5, 5.41) is 5.58. The van der Waals surface area contributed by atoms with Gasteiger partial charge in [-0.2, -0.15) is 18.3 Å². The van der Waals surface area contributed by atoms with Crippen molar-refractivity contribution in [1.29, 1.82) is 0 Å². The lowest BCUT2D eigenvalue weighted by Crippen LogP contribution is -2.41. The Hall–Kier alpha value is -3.44. The first kappa shape index (κ1) is 20.9. The summed E-state index contributed by atoms with van der Waals surface area (Å²) < 4.78 is 41.6. The maximum atomic E-state index is 12.4. The molecule has 1 unspecified atom stereocenters. The van der Waals surface area contributed by atoms with Gasteiger partial charge in [0.15, 0.2) is 11.8 Å². The number of hydrogen-bond acceptors (Lipinski definition) is 6. The summed E-state index contributed by atoms with van der Waals surface area (Å²) in [6, 6.07) is 5.96. The lowest BCUT2D eigenvalue weighted by atomic mass is 10.1. The molecular formula is C16H15F3N4O5. The minimum atomic E-state index is -4.62. The Labute approximate surface area is 155 Å². The van der Waals surface area contributed by atoms with E-state index in [1.165, 1.54) is 18.2 Å². The van der Waals surface area contributed by atoms with E-state index in [0.29, 0.717) is 4.68 Å². The highest BCUT2D eigenvalue weighted by atomic mass is 19.4. The Balaban J connectivity index is 2.17. The second-order valence-corrected chi connectivity index (χ2v) is 5.69. The van der Waals surface area contributed by atoms with Crippen molar-refractivity contribution in [1.82, 2.24) is 15.1 Å². The van der Waals surface area contributed by atoms with E-state index >= 15 is 0 Å². The molecule has 1 aromatic carbocycles. The third-order valence-electron chi connectivity index (χ3n) is 3.52. The molecule has 0 aliphatic carbocycles. The molecule has 0 bridgehead atoms. The predicted octanol–water partition coefficient (Wildman–Crippen LogP) is 0.106. The van der Waals surface area contributed by atoms with Crippen LogP contribution < -0.4 is 16.6 Å². The van der Waals surface area contributed by atoms with Gasteiger partial charge in [0.1, 0.15) is 13.1 Å². The van der Waals surface area contributed by atoms with E-state index in [4.69, 9.17) is 10.5 Å². The minimum Gasteiger partial charge on any atom is -0.451 e. The van der Waals surface area contributed by atoms with Gasteiger partial charge in [-0.05, 0) is 13.0 Å². The maximum Gasteiger partial charge on any atom is 0.405 e. The summed E-state index contributed by atoms with van der Waals surface area (Å²) in [5.41, 5.74) is 4.27. The number of aromatic nitrogens is 2. The average Bonchev–Trinajstić information content (AvgIpc) is 2.61. The van der Waals surface area contributed by atoms with Crippen LogP contribution in [0.25, 0.3) is 10.8 Å². The number of alkyl halides is 3. The first-order valence-electron chi connectivity index (χ1n) is 7.83. The highest BCUT2D eigenvalue weighted by molar-refractivity contribution is 6.04. The van der Waals surface area contributed by atoms with E-state index in [0.717, 1.165) is 6.92 Å². The van der Waals surface area contributed by atoms with E-state index in [-0.39, 0.29) is 16.5 Å². The Morgan fingerprint density at radius 1 is 1.25 bits per heavy atom. The molecule has 1 aromatic heterocycles. The molecule has 1 heterocycles. The van der Waals surface area contributed by atoms with E-state index in [1.54, 1.807) is 11.4 Å². The van der Waals surface area contributed by atoms with Crippen molar-refractivity contribution in [2.75, 3.05) is 6.54 Å². The lowest BCUT2D eigenvalue weighted by molar-refractivity contribution is -0.158. The lowest BCUT2D eigenvalue weighted by Gasteiger charge is -2.15. The molecule has 0 saturated heterocycles. The van der Waals surface area contributed by atoms with Gasteiger partial charge in [0.2, 0.25) is 0 Å². The fraction of sp³-hybridized carbons (Fsp3) is 0.312. The summed E-state index contributed by atoms with van der Waals surface area (Å²) in [6.45, 7) is -1.29. The number of benzene rings is 1. The van der Waals surface area contributed by atoms with Crippen LogP contribution in [0, 0.1) is 0 Å². The van der Waals surface area contributed by atoms with Crippen LogP contribution >= 0.6 is 0 Å². The monoisotopic (exact) mass is 400 g/mol. The normalized spacial score (nSPS) is 12.4.